The minimum atomic E-state index is -4.61. The van der Waals surface area contributed by atoms with Gasteiger partial charge in [-0.25, -0.2) is 9.67 Å². The summed E-state index contributed by atoms with van der Waals surface area (Å²) in [5.74, 6) is -0.245. The summed E-state index contributed by atoms with van der Waals surface area (Å²) in [6.45, 7) is 0. The molecule has 0 unspecified atom stereocenters. The average molecular weight is 424 g/mol. The van der Waals surface area contributed by atoms with E-state index in [0.717, 1.165) is 6.07 Å². The van der Waals surface area contributed by atoms with Crippen molar-refractivity contribution in [1.82, 2.24) is 19.7 Å². The average Bonchev–Trinajstić information content (AvgIpc) is 3.09. The molecule has 0 aliphatic carbocycles. The zero-order valence-electron chi connectivity index (χ0n) is 17.1. The van der Waals surface area contributed by atoms with Gasteiger partial charge in [-0.3, -0.25) is 4.79 Å². The van der Waals surface area contributed by atoms with Gasteiger partial charge in [0.2, 0.25) is 0 Å². The highest BCUT2D eigenvalue weighted by Gasteiger charge is 2.36. The third-order valence-corrected chi connectivity index (χ3v) is 4.96. The van der Waals surface area contributed by atoms with Gasteiger partial charge in [-0.15, -0.1) is 0 Å². The smallest absolute Gasteiger partial charge is 0.345 e. The molecule has 4 rings (SSSR count). The van der Waals surface area contributed by atoms with Crippen LogP contribution >= 0.6 is 0 Å². The molecular formula is C23H19F3N4O. The van der Waals surface area contributed by atoms with Gasteiger partial charge in [-0.05, 0) is 18.2 Å². The zero-order valence-corrected chi connectivity index (χ0v) is 17.1. The molecule has 0 saturated carbocycles. The van der Waals surface area contributed by atoms with Crippen LogP contribution in [0.25, 0.3) is 33.5 Å². The van der Waals surface area contributed by atoms with Gasteiger partial charge in [0.1, 0.15) is 5.69 Å². The Labute approximate surface area is 176 Å². The fraction of sp³-hybridized carbons (Fsp3) is 0.174. The molecule has 31 heavy (non-hydrogen) atoms. The van der Waals surface area contributed by atoms with Crippen molar-refractivity contribution in [3.05, 3.63) is 71.8 Å². The van der Waals surface area contributed by atoms with Crippen molar-refractivity contribution >= 4 is 16.9 Å². The molecule has 4 aromatic rings. The van der Waals surface area contributed by atoms with E-state index in [9.17, 15) is 18.0 Å². The number of carbonyl (C=O) groups is 1. The van der Waals surface area contributed by atoms with E-state index in [0.29, 0.717) is 16.7 Å². The number of pyridine rings is 1. The first kappa shape index (κ1) is 20.6. The molecule has 0 atom stereocenters. The first-order valence-electron chi connectivity index (χ1n) is 9.49. The quantitative estimate of drug-likeness (QED) is 0.464. The Kier molecular flexibility index (Phi) is 5.00. The van der Waals surface area contributed by atoms with Crippen molar-refractivity contribution < 1.29 is 18.0 Å². The van der Waals surface area contributed by atoms with Gasteiger partial charge in [-0.2, -0.15) is 18.3 Å². The molecule has 0 radical (unpaired) electrons. The number of halogens is 3. The Morgan fingerprint density at radius 3 is 2.29 bits per heavy atom. The van der Waals surface area contributed by atoms with Gasteiger partial charge in [0.25, 0.3) is 5.91 Å². The summed E-state index contributed by atoms with van der Waals surface area (Å²) in [6, 6.07) is 16.2. The standard InChI is InChI=1S/C23H19F3N4O/c1-29(2)22(31)16-11-7-10-15(12-16)18-13-17(23(24,25)26)19-20(14-8-5-4-6-9-14)28-30(3)21(19)27-18/h4-13H,1-3H3. The predicted molar refractivity (Wildman–Crippen MR) is 112 cm³/mol. The van der Waals surface area contributed by atoms with E-state index in [2.05, 4.69) is 10.1 Å². The van der Waals surface area contributed by atoms with Gasteiger partial charge in [0, 0.05) is 37.8 Å². The lowest BCUT2D eigenvalue weighted by molar-refractivity contribution is -0.136. The summed E-state index contributed by atoms with van der Waals surface area (Å²) >= 11 is 0. The minimum absolute atomic E-state index is 0.0505. The van der Waals surface area contributed by atoms with Gasteiger partial charge in [0.15, 0.2) is 5.65 Å². The maximum Gasteiger partial charge on any atom is 0.417 e. The summed E-state index contributed by atoms with van der Waals surface area (Å²) in [5, 5.41) is 4.28. The molecule has 0 spiro atoms. The number of hydrogen-bond donors (Lipinski definition) is 0. The Hall–Kier alpha value is -3.68. The Bertz CT molecular complexity index is 1280. The third kappa shape index (κ3) is 3.76. The Balaban J connectivity index is 1.98. The molecule has 158 valence electrons. The number of benzene rings is 2. The molecule has 0 bridgehead atoms. The highest BCUT2D eigenvalue weighted by atomic mass is 19.4. The van der Waals surface area contributed by atoms with Crippen LogP contribution in [0.15, 0.2) is 60.7 Å². The highest BCUT2D eigenvalue weighted by molar-refractivity contribution is 5.97. The Morgan fingerprint density at radius 1 is 0.968 bits per heavy atom. The van der Waals surface area contributed by atoms with Crippen molar-refractivity contribution in [1.29, 1.82) is 0 Å². The van der Waals surface area contributed by atoms with Gasteiger partial charge in [0.05, 0.1) is 16.6 Å². The number of hydrogen-bond acceptors (Lipinski definition) is 3. The van der Waals surface area contributed by atoms with Gasteiger partial charge >= 0.3 is 6.18 Å². The van der Waals surface area contributed by atoms with E-state index >= 15 is 0 Å². The van der Waals surface area contributed by atoms with E-state index in [-0.39, 0.29) is 28.3 Å². The molecule has 0 aliphatic heterocycles. The number of nitrogens with zero attached hydrogens (tertiary/aromatic N) is 4. The first-order valence-corrected chi connectivity index (χ1v) is 9.49. The number of alkyl halides is 3. The molecule has 2 aromatic carbocycles. The fourth-order valence-electron chi connectivity index (χ4n) is 3.49. The third-order valence-electron chi connectivity index (χ3n) is 4.96. The summed E-state index contributed by atoms with van der Waals surface area (Å²) in [6.07, 6.45) is -4.61. The van der Waals surface area contributed by atoms with Crippen LogP contribution in [-0.2, 0) is 13.2 Å². The Morgan fingerprint density at radius 2 is 1.65 bits per heavy atom. The van der Waals surface area contributed by atoms with Crippen LogP contribution in [0.1, 0.15) is 15.9 Å². The van der Waals surface area contributed by atoms with Crippen molar-refractivity contribution in [2.45, 2.75) is 6.18 Å². The lowest BCUT2D eigenvalue weighted by Crippen LogP contribution is -2.21. The van der Waals surface area contributed by atoms with Crippen LogP contribution in [0.2, 0.25) is 0 Å². The van der Waals surface area contributed by atoms with Gasteiger partial charge < -0.3 is 4.90 Å². The van der Waals surface area contributed by atoms with E-state index in [1.165, 1.54) is 9.58 Å². The summed E-state index contributed by atoms with van der Waals surface area (Å²) < 4.78 is 43.7. The van der Waals surface area contributed by atoms with E-state index < -0.39 is 11.7 Å². The zero-order chi connectivity index (χ0) is 22.3. The molecule has 0 fully saturated rings. The molecule has 2 heterocycles. The van der Waals surface area contributed by atoms with Crippen molar-refractivity contribution in [2.24, 2.45) is 7.05 Å². The van der Waals surface area contributed by atoms with E-state index in [1.54, 1.807) is 75.7 Å². The SMILES string of the molecule is CN(C)C(=O)c1cccc(-c2cc(C(F)(F)F)c3c(-c4ccccc4)nn(C)c3n2)c1. The molecule has 1 amide bonds. The molecule has 0 N–H and O–H groups in total. The maximum absolute atomic E-state index is 14.1. The number of aryl methyl sites for hydroxylation is 1. The lowest BCUT2D eigenvalue weighted by atomic mass is 10.0. The van der Waals surface area contributed by atoms with Crippen molar-refractivity contribution in [3.63, 3.8) is 0 Å². The molecule has 8 heteroatoms. The molecular weight excluding hydrogens is 405 g/mol. The molecule has 0 saturated heterocycles. The number of carbonyl (C=O) groups excluding carboxylic acids is 1. The summed E-state index contributed by atoms with van der Waals surface area (Å²) in [5.41, 5.74) is 1.01. The van der Waals surface area contributed by atoms with Crippen LogP contribution in [0.4, 0.5) is 13.2 Å². The van der Waals surface area contributed by atoms with Crippen LogP contribution in [0.3, 0.4) is 0 Å². The van der Waals surface area contributed by atoms with E-state index in [4.69, 9.17) is 0 Å². The number of amides is 1. The number of fused-ring (bicyclic) bond motifs is 1. The predicted octanol–water partition coefficient (Wildman–Crippen LogP) is 5.02. The monoisotopic (exact) mass is 424 g/mol. The largest absolute Gasteiger partial charge is 0.417 e. The number of aromatic nitrogens is 3. The fourth-order valence-corrected chi connectivity index (χ4v) is 3.49. The summed E-state index contributed by atoms with van der Waals surface area (Å²) in [4.78, 5) is 18.2. The molecule has 5 nitrogen and oxygen atoms in total. The summed E-state index contributed by atoms with van der Waals surface area (Å²) in [7, 11) is 4.79. The van der Waals surface area contributed by atoms with Crippen LogP contribution in [0.5, 0.6) is 0 Å². The van der Waals surface area contributed by atoms with Crippen molar-refractivity contribution in [3.8, 4) is 22.5 Å². The second-order valence-electron chi connectivity index (χ2n) is 7.37. The minimum Gasteiger partial charge on any atom is -0.345 e. The molecule has 2 aromatic heterocycles. The lowest BCUT2D eigenvalue weighted by Gasteiger charge is -2.13. The second kappa shape index (κ2) is 7.54. The maximum atomic E-state index is 14.1. The normalized spacial score (nSPS) is 11.7. The topological polar surface area (TPSA) is 51.0 Å². The van der Waals surface area contributed by atoms with Crippen LogP contribution in [0, 0.1) is 0 Å². The van der Waals surface area contributed by atoms with Crippen LogP contribution < -0.4 is 0 Å². The second-order valence-corrected chi connectivity index (χ2v) is 7.37. The highest BCUT2D eigenvalue weighted by Crippen LogP contribution is 2.40. The van der Waals surface area contributed by atoms with Crippen LogP contribution in [-0.4, -0.2) is 39.7 Å². The first-order chi connectivity index (χ1) is 14.7. The molecule has 0 aliphatic rings. The van der Waals surface area contributed by atoms with Gasteiger partial charge in [-0.1, -0.05) is 42.5 Å². The number of rotatable bonds is 3. The van der Waals surface area contributed by atoms with E-state index in [1.807, 2.05) is 0 Å². The van der Waals surface area contributed by atoms with Crippen molar-refractivity contribution in [2.75, 3.05) is 14.1 Å².